The van der Waals surface area contributed by atoms with Gasteiger partial charge >= 0.3 is 5.97 Å². The van der Waals surface area contributed by atoms with Gasteiger partial charge in [0, 0.05) is 11.3 Å². The third-order valence-corrected chi connectivity index (χ3v) is 4.29. The fraction of sp³-hybridized carbons (Fsp3) is 0.200. The maximum atomic E-state index is 12.7. The quantitative estimate of drug-likeness (QED) is 0.768. The van der Waals surface area contributed by atoms with E-state index in [1.165, 1.54) is 17.8 Å². The lowest BCUT2D eigenvalue weighted by atomic mass is 9.94. The molecule has 0 saturated heterocycles. The molecule has 0 aliphatic rings. The maximum Gasteiger partial charge on any atom is 0.352 e. The molecule has 0 unspecified atom stereocenters. The number of rotatable bonds is 6. The number of carbonyl (C=O) groups is 2. The zero-order chi connectivity index (χ0) is 18.4. The smallest absolute Gasteiger partial charge is 0.352 e. The molecule has 2 N–H and O–H groups in total. The first-order valence-electron chi connectivity index (χ1n) is 7.84. The Kier molecular flexibility index (Phi) is 6.42. The molecule has 2 aromatic rings. The second-order valence-electron chi connectivity index (χ2n) is 5.70. The minimum atomic E-state index is -1.15. The highest BCUT2D eigenvalue weighted by Crippen LogP contribution is 2.28. The van der Waals surface area contributed by atoms with Crippen molar-refractivity contribution in [1.29, 1.82) is 0 Å². The first kappa shape index (κ1) is 18.8. The Morgan fingerprint density at radius 1 is 1.12 bits per heavy atom. The third kappa shape index (κ3) is 4.73. The Bertz CT molecular complexity index is 827. The lowest BCUT2D eigenvalue weighted by Crippen LogP contribution is -2.28. The molecule has 2 aromatic carbocycles. The summed E-state index contributed by atoms with van der Waals surface area (Å²) < 4.78 is 0. The van der Waals surface area contributed by atoms with Gasteiger partial charge in [-0.05, 0) is 48.9 Å². The van der Waals surface area contributed by atoms with Crippen molar-refractivity contribution in [2.45, 2.75) is 13.8 Å². The van der Waals surface area contributed by atoms with E-state index in [-0.39, 0.29) is 5.70 Å². The first-order valence-corrected chi connectivity index (χ1v) is 9.23. The standard InChI is InChI=1S/C20H21NO3S/c1-13-8-9-16(17(12-13)15-7-5-4-6-14(15)2)19(22)21-18(20(23)24)10-11-25-3/h4-10,12H,11H2,1-3H3,(H,21,22)(H,23,24)/b18-10+. The van der Waals surface area contributed by atoms with E-state index >= 15 is 0 Å². The van der Waals surface area contributed by atoms with Crippen molar-refractivity contribution in [3.63, 3.8) is 0 Å². The van der Waals surface area contributed by atoms with Crippen molar-refractivity contribution in [3.8, 4) is 11.1 Å². The van der Waals surface area contributed by atoms with Crippen LogP contribution < -0.4 is 5.32 Å². The van der Waals surface area contributed by atoms with Crippen LogP contribution in [-0.4, -0.2) is 29.0 Å². The predicted molar refractivity (Wildman–Crippen MR) is 103 cm³/mol. The number of nitrogens with one attached hydrogen (secondary N) is 1. The largest absolute Gasteiger partial charge is 0.477 e. The van der Waals surface area contributed by atoms with Crippen molar-refractivity contribution < 1.29 is 14.7 Å². The molecule has 0 aliphatic carbocycles. The topological polar surface area (TPSA) is 66.4 Å². The maximum absolute atomic E-state index is 12.7. The van der Waals surface area contributed by atoms with E-state index in [1.54, 1.807) is 6.07 Å². The van der Waals surface area contributed by atoms with Crippen LogP contribution in [0.5, 0.6) is 0 Å². The second kappa shape index (κ2) is 8.53. The minimum Gasteiger partial charge on any atom is -0.477 e. The van der Waals surface area contributed by atoms with Crippen LogP contribution in [0.1, 0.15) is 21.5 Å². The van der Waals surface area contributed by atoms with Crippen LogP contribution in [0.4, 0.5) is 0 Å². The summed E-state index contributed by atoms with van der Waals surface area (Å²) >= 11 is 1.48. The number of amides is 1. The van der Waals surface area contributed by atoms with Crippen LogP contribution in [0.3, 0.4) is 0 Å². The second-order valence-corrected chi connectivity index (χ2v) is 6.61. The molecule has 0 spiro atoms. The highest BCUT2D eigenvalue weighted by molar-refractivity contribution is 7.98. The average Bonchev–Trinajstić information content (AvgIpc) is 2.58. The molecular weight excluding hydrogens is 334 g/mol. The van der Waals surface area contributed by atoms with Gasteiger partial charge in [0.25, 0.3) is 5.91 Å². The fourth-order valence-corrected chi connectivity index (χ4v) is 2.84. The predicted octanol–water partition coefficient (Wildman–Crippen LogP) is 4.03. The number of hydrogen-bond donors (Lipinski definition) is 2. The van der Waals surface area contributed by atoms with E-state index in [9.17, 15) is 14.7 Å². The molecule has 0 radical (unpaired) electrons. The molecule has 0 fully saturated rings. The monoisotopic (exact) mass is 355 g/mol. The van der Waals surface area contributed by atoms with Gasteiger partial charge < -0.3 is 10.4 Å². The summed E-state index contributed by atoms with van der Waals surface area (Å²) in [6.45, 7) is 3.95. The SMILES string of the molecule is CSC/C=C(/NC(=O)c1ccc(C)cc1-c1ccccc1C)C(=O)O. The zero-order valence-electron chi connectivity index (χ0n) is 14.5. The van der Waals surface area contributed by atoms with Crippen molar-refractivity contribution in [3.05, 3.63) is 70.9 Å². The van der Waals surface area contributed by atoms with Crippen LogP contribution in [0, 0.1) is 13.8 Å². The van der Waals surface area contributed by atoms with Crippen molar-refractivity contribution >= 4 is 23.6 Å². The number of thioether (sulfide) groups is 1. The fourth-order valence-electron chi connectivity index (χ4n) is 2.50. The van der Waals surface area contributed by atoms with Crippen LogP contribution >= 0.6 is 11.8 Å². The number of aryl methyl sites for hydroxylation is 2. The molecule has 25 heavy (non-hydrogen) atoms. The lowest BCUT2D eigenvalue weighted by Gasteiger charge is -2.13. The summed E-state index contributed by atoms with van der Waals surface area (Å²) in [4.78, 5) is 24.1. The number of aliphatic carboxylic acids is 1. The van der Waals surface area contributed by atoms with Gasteiger partial charge in [-0.3, -0.25) is 4.79 Å². The van der Waals surface area contributed by atoms with Gasteiger partial charge in [-0.1, -0.05) is 42.0 Å². The van der Waals surface area contributed by atoms with Crippen molar-refractivity contribution in [1.82, 2.24) is 5.32 Å². The molecule has 130 valence electrons. The number of benzene rings is 2. The molecule has 0 heterocycles. The molecule has 0 saturated carbocycles. The molecule has 1 amide bonds. The Hall–Kier alpha value is -2.53. The number of hydrogen-bond acceptors (Lipinski definition) is 3. The van der Waals surface area contributed by atoms with Crippen LogP contribution in [0.15, 0.2) is 54.2 Å². The van der Waals surface area contributed by atoms with Crippen LogP contribution in [0.2, 0.25) is 0 Å². The minimum absolute atomic E-state index is 0.101. The molecule has 5 heteroatoms. The van der Waals surface area contributed by atoms with E-state index in [2.05, 4.69) is 5.32 Å². The van der Waals surface area contributed by atoms with E-state index in [0.29, 0.717) is 11.3 Å². The van der Waals surface area contributed by atoms with Crippen molar-refractivity contribution in [2.75, 3.05) is 12.0 Å². The lowest BCUT2D eigenvalue weighted by molar-refractivity contribution is -0.133. The zero-order valence-corrected chi connectivity index (χ0v) is 15.3. The van der Waals surface area contributed by atoms with E-state index in [1.807, 2.05) is 56.5 Å². The highest BCUT2D eigenvalue weighted by atomic mass is 32.2. The third-order valence-electron chi connectivity index (χ3n) is 3.79. The number of carboxylic acid groups (broad SMARTS) is 1. The van der Waals surface area contributed by atoms with Gasteiger partial charge in [-0.25, -0.2) is 4.79 Å². The summed E-state index contributed by atoms with van der Waals surface area (Å²) in [6, 6.07) is 13.4. The Morgan fingerprint density at radius 2 is 1.84 bits per heavy atom. The normalized spacial score (nSPS) is 11.2. The van der Waals surface area contributed by atoms with Gasteiger partial charge in [-0.2, -0.15) is 11.8 Å². The summed E-state index contributed by atoms with van der Waals surface area (Å²) in [6.07, 6.45) is 3.38. The highest BCUT2D eigenvalue weighted by Gasteiger charge is 2.17. The Labute approximate surface area is 152 Å². The van der Waals surface area contributed by atoms with E-state index in [0.717, 1.165) is 22.3 Å². The number of carbonyl (C=O) groups excluding carboxylic acids is 1. The van der Waals surface area contributed by atoms with Crippen molar-refractivity contribution in [2.24, 2.45) is 0 Å². The molecule has 0 atom stereocenters. The summed E-state index contributed by atoms with van der Waals surface area (Å²) in [7, 11) is 0. The van der Waals surface area contributed by atoms with Gasteiger partial charge in [-0.15, -0.1) is 0 Å². The Morgan fingerprint density at radius 3 is 2.48 bits per heavy atom. The van der Waals surface area contributed by atoms with Gasteiger partial charge in [0.15, 0.2) is 0 Å². The van der Waals surface area contributed by atoms with E-state index < -0.39 is 11.9 Å². The average molecular weight is 355 g/mol. The molecule has 0 aliphatic heterocycles. The first-order chi connectivity index (χ1) is 11.9. The molecule has 4 nitrogen and oxygen atoms in total. The van der Waals surface area contributed by atoms with Gasteiger partial charge in [0.2, 0.25) is 0 Å². The van der Waals surface area contributed by atoms with Gasteiger partial charge in [0.05, 0.1) is 0 Å². The summed E-state index contributed by atoms with van der Waals surface area (Å²) in [5.41, 5.74) is 4.20. The van der Waals surface area contributed by atoms with Gasteiger partial charge in [0.1, 0.15) is 5.70 Å². The van der Waals surface area contributed by atoms with E-state index in [4.69, 9.17) is 0 Å². The van der Waals surface area contributed by atoms with Crippen LogP contribution in [0.25, 0.3) is 11.1 Å². The summed E-state index contributed by atoms with van der Waals surface area (Å²) in [5, 5.41) is 11.8. The molecule has 0 bridgehead atoms. The number of carboxylic acids is 1. The Balaban J connectivity index is 2.44. The molecular formula is C20H21NO3S. The molecule has 0 aromatic heterocycles. The summed E-state index contributed by atoms with van der Waals surface area (Å²) in [5.74, 6) is -1.06. The molecule has 2 rings (SSSR count). The van der Waals surface area contributed by atoms with Crippen LogP contribution in [-0.2, 0) is 4.79 Å².